The molecule has 0 unspecified atom stereocenters. The van der Waals surface area contributed by atoms with Gasteiger partial charge in [-0.2, -0.15) is 5.10 Å². The number of carbonyl (C=O) groups is 1. The van der Waals surface area contributed by atoms with Crippen molar-refractivity contribution in [2.45, 2.75) is 4.90 Å². The molecule has 0 aliphatic heterocycles. The minimum Gasteiger partial charge on any atom is -0.271 e. The third-order valence-electron chi connectivity index (χ3n) is 3.87. The van der Waals surface area contributed by atoms with E-state index >= 15 is 0 Å². The fourth-order valence-corrected chi connectivity index (χ4v) is 4.15. The zero-order valence-electron chi connectivity index (χ0n) is 15.4. The van der Waals surface area contributed by atoms with E-state index in [0.29, 0.717) is 15.6 Å². The first-order valence-electron chi connectivity index (χ1n) is 8.64. The highest BCUT2D eigenvalue weighted by atomic mass is 35.5. The number of hydrogen-bond donors (Lipinski definition) is 1. The number of aromatic nitrogens is 1. The van der Waals surface area contributed by atoms with Crippen LogP contribution in [0.15, 0.2) is 82.9 Å². The number of amides is 1. The number of nitrogens with one attached hydrogen (secondary N) is 1. The molecule has 0 atom stereocenters. The number of sulfonamides is 1. The molecule has 1 amide bonds. The van der Waals surface area contributed by atoms with Gasteiger partial charge in [0.2, 0.25) is 0 Å². The van der Waals surface area contributed by atoms with Gasteiger partial charge >= 0.3 is 0 Å². The molecule has 0 spiro atoms. The summed E-state index contributed by atoms with van der Waals surface area (Å²) in [5.41, 5.74) is 2.92. The van der Waals surface area contributed by atoms with Crippen LogP contribution in [0.5, 0.6) is 0 Å². The van der Waals surface area contributed by atoms with E-state index in [-0.39, 0.29) is 10.7 Å². The van der Waals surface area contributed by atoms with Crippen LogP contribution in [-0.4, -0.2) is 32.1 Å². The molecular weight excluding hydrogens is 447 g/mol. The number of pyridine rings is 1. The molecule has 3 rings (SSSR count). The molecule has 10 heteroatoms. The van der Waals surface area contributed by atoms with Crippen LogP contribution < -0.4 is 9.73 Å². The smallest absolute Gasteiger partial charge is 0.265 e. The average molecular weight is 463 g/mol. The van der Waals surface area contributed by atoms with Gasteiger partial charge in [-0.1, -0.05) is 53.5 Å². The van der Waals surface area contributed by atoms with Crippen molar-refractivity contribution in [2.24, 2.45) is 5.10 Å². The summed E-state index contributed by atoms with van der Waals surface area (Å²) in [5, 5.41) is 4.59. The van der Waals surface area contributed by atoms with Gasteiger partial charge in [0.15, 0.2) is 0 Å². The zero-order chi connectivity index (χ0) is 21.6. The van der Waals surface area contributed by atoms with Crippen molar-refractivity contribution < 1.29 is 13.2 Å². The van der Waals surface area contributed by atoms with Crippen molar-refractivity contribution in [2.75, 3.05) is 10.8 Å². The van der Waals surface area contributed by atoms with E-state index in [1.165, 1.54) is 30.6 Å². The number of halogens is 2. The van der Waals surface area contributed by atoms with Crippen molar-refractivity contribution in [3.05, 3.63) is 88.5 Å². The molecule has 0 saturated carbocycles. The third-order valence-corrected chi connectivity index (χ3v) is 6.37. The number of rotatable bonds is 7. The number of anilines is 1. The molecule has 3 aromatic rings. The molecule has 0 fully saturated rings. The Labute approximate surface area is 184 Å². The van der Waals surface area contributed by atoms with E-state index in [1.54, 1.807) is 48.5 Å². The second kappa shape index (κ2) is 9.71. The van der Waals surface area contributed by atoms with Gasteiger partial charge in [-0.25, -0.2) is 23.1 Å². The summed E-state index contributed by atoms with van der Waals surface area (Å²) in [4.78, 5) is 16.5. The van der Waals surface area contributed by atoms with E-state index < -0.39 is 22.5 Å². The van der Waals surface area contributed by atoms with Crippen LogP contribution in [0, 0.1) is 0 Å². The molecule has 1 heterocycles. The highest BCUT2D eigenvalue weighted by Gasteiger charge is 2.27. The fraction of sp³-hybridized carbons (Fsp3) is 0.0500. The lowest BCUT2D eigenvalue weighted by atomic mass is 10.2. The number of hydrazone groups is 1. The van der Waals surface area contributed by atoms with Gasteiger partial charge in [0.05, 0.1) is 21.2 Å². The maximum atomic E-state index is 13.1. The Kier molecular flexibility index (Phi) is 7.04. The molecule has 0 aliphatic rings. The summed E-state index contributed by atoms with van der Waals surface area (Å²) < 4.78 is 27.1. The molecule has 1 N–H and O–H groups in total. The highest BCUT2D eigenvalue weighted by Crippen LogP contribution is 2.22. The first-order chi connectivity index (χ1) is 14.4. The van der Waals surface area contributed by atoms with Crippen LogP contribution in [0.25, 0.3) is 0 Å². The fourth-order valence-electron chi connectivity index (χ4n) is 2.45. The van der Waals surface area contributed by atoms with E-state index in [4.69, 9.17) is 23.2 Å². The molecule has 154 valence electrons. The first kappa shape index (κ1) is 21.8. The Hall–Kier alpha value is -2.94. The van der Waals surface area contributed by atoms with Gasteiger partial charge in [-0.3, -0.25) is 4.79 Å². The average Bonchev–Trinajstić information content (AvgIpc) is 2.75. The SMILES string of the molecule is O=C(CN(c1ccccn1)S(=O)(=O)c1ccccc1)N/N=C\c1ccc(Cl)c(Cl)c1. The van der Waals surface area contributed by atoms with E-state index in [1.807, 2.05) is 0 Å². The Morgan fingerprint density at radius 2 is 1.77 bits per heavy atom. The Bertz CT molecular complexity index is 1160. The normalized spacial score (nSPS) is 11.4. The monoisotopic (exact) mass is 462 g/mol. The second-order valence-electron chi connectivity index (χ2n) is 5.98. The van der Waals surface area contributed by atoms with Crippen LogP contribution in [0.2, 0.25) is 10.0 Å². The van der Waals surface area contributed by atoms with Crippen LogP contribution >= 0.6 is 23.2 Å². The van der Waals surface area contributed by atoms with Gasteiger partial charge < -0.3 is 0 Å². The lowest BCUT2D eigenvalue weighted by molar-refractivity contribution is -0.119. The van der Waals surface area contributed by atoms with Crippen molar-refractivity contribution in [3.8, 4) is 0 Å². The Balaban J connectivity index is 1.79. The summed E-state index contributed by atoms with van der Waals surface area (Å²) in [6, 6.07) is 17.5. The van der Waals surface area contributed by atoms with Crippen LogP contribution in [0.3, 0.4) is 0 Å². The zero-order valence-corrected chi connectivity index (χ0v) is 17.8. The lowest BCUT2D eigenvalue weighted by Gasteiger charge is -2.22. The van der Waals surface area contributed by atoms with Crippen molar-refractivity contribution in [1.82, 2.24) is 10.4 Å². The van der Waals surface area contributed by atoms with Gasteiger partial charge in [-0.15, -0.1) is 0 Å². The molecule has 1 aromatic heterocycles. The summed E-state index contributed by atoms with van der Waals surface area (Å²) >= 11 is 11.8. The van der Waals surface area contributed by atoms with Gasteiger partial charge in [0.1, 0.15) is 12.4 Å². The first-order valence-corrected chi connectivity index (χ1v) is 10.8. The topological polar surface area (TPSA) is 91.7 Å². The molecule has 0 bridgehead atoms. The van der Waals surface area contributed by atoms with E-state index in [2.05, 4.69) is 15.5 Å². The van der Waals surface area contributed by atoms with Gasteiger partial charge in [0.25, 0.3) is 15.9 Å². The van der Waals surface area contributed by atoms with E-state index in [0.717, 1.165) is 4.31 Å². The van der Waals surface area contributed by atoms with E-state index in [9.17, 15) is 13.2 Å². The molecule has 0 aliphatic carbocycles. The minimum atomic E-state index is -4.01. The second-order valence-corrected chi connectivity index (χ2v) is 8.66. The predicted octanol–water partition coefficient (Wildman–Crippen LogP) is 3.73. The Morgan fingerprint density at radius 1 is 1.03 bits per heavy atom. The Morgan fingerprint density at radius 3 is 2.43 bits per heavy atom. The summed E-state index contributed by atoms with van der Waals surface area (Å²) in [6.07, 6.45) is 2.82. The summed E-state index contributed by atoms with van der Waals surface area (Å²) in [7, 11) is -4.01. The number of nitrogens with zero attached hydrogens (tertiary/aromatic N) is 3. The van der Waals surface area contributed by atoms with Gasteiger partial charge in [-0.05, 0) is 42.0 Å². The maximum absolute atomic E-state index is 13.1. The van der Waals surface area contributed by atoms with Crippen molar-refractivity contribution >= 4 is 51.2 Å². The molecule has 7 nitrogen and oxygen atoms in total. The minimum absolute atomic E-state index is 0.0442. The predicted molar refractivity (Wildman–Crippen MR) is 117 cm³/mol. The maximum Gasteiger partial charge on any atom is 0.265 e. The van der Waals surface area contributed by atoms with Crippen LogP contribution in [-0.2, 0) is 14.8 Å². The number of benzene rings is 2. The number of hydrogen-bond acceptors (Lipinski definition) is 5. The van der Waals surface area contributed by atoms with Crippen LogP contribution in [0.4, 0.5) is 5.82 Å². The molecule has 0 saturated heterocycles. The number of carbonyl (C=O) groups excluding carboxylic acids is 1. The van der Waals surface area contributed by atoms with Crippen molar-refractivity contribution in [1.29, 1.82) is 0 Å². The molecular formula is C20H16Cl2N4O3S. The summed E-state index contributed by atoms with van der Waals surface area (Å²) in [6.45, 7) is -0.507. The highest BCUT2D eigenvalue weighted by molar-refractivity contribution is 7.92. The van der Waals surface area contributed by atoms with Crippen LogP contribution in [0.1, 0.15) is 5.56 Å². The lowest BCUT2D eigenvalue weighted by Crippen LogP contribution is -2.40. The summed E-state index contributed by atoms with van der Waals surface area (Å²) in [5.74, 6) is -0.526. The van der Waals surface area contributed by atoms with Gasteiger partial charge in [0, 0.05) is 6.20 Å². The standard InChI is InChI=1S/C20H16Cl2N4O3S/c21-17-10-9-15(12-18(17)22)13-24-25-20(27)14-26(19-8-4-5-11-23-19)30(28,29)16-6-2-1-3-7-16/h1-13H,14H2,(H,25,27)/b24-13-. The molecule has 2 aromatic carbocycles. The third kappa shape index (κ3) is 5.35. The van der Waals surface area contributed by atoms with Crippen molar-refractivity contribution in [3.63, 3.8) is 0 Å². The molecule has 0 radical (unpaired) electrons. The largest absolute Gasteiger partial charge is 0.271 e. The molecule has 30 heavy (non-hydrogen) atoms. The quantitative estimate of drug-likeness (QED) is 0.427.